The van der Waals surface area contributed by atoms with Gasteiger partial charge in [-0.1, -0.05) is 23.4 Å². The van der Waals surface area contributed by atoms with E-state index in [0.717, 1.165) is 5.56 Å². The summed E-state index contributed by atoms with van der Waals surface area (Å²) in [6, 6.07) is 6.97. The lowest BCUT2D eigenvalue weighted by Gasteiger charge is -2.28. The zero-order valence-electron chi connectivity index (χ0n) is 15.1. The van der Waals surface area contributed by atoms with Crippen molar-refractivity contribution < 1.29 is 17.6 Å². The van der Waals surface area contributed by atoms with Crippen molar-refractivity contribution in [3.63, 3.8) is 0 Å². The van der Waals surface area contributed by atoms with Gasteiger partial charge in [0.1, 0.15) is 0 Å². The van der Waals surface area contributed by atoms with Crippen molar-refractivity contribution in [1.82, 2.24) is 9.88 Å². The molecule has 0 N–H and O–H groups in total. The van der Waals surface area contributed by atoms with Crippen LogP contribution in [0.1, 0.15) is 20.3 Å². The first-order valence-corrected chi connectivity index (χ1v) is 11.8. The molecule has 6 nitrogen and oxygen atoms in total. The largest absolute Gasteiger partial charge is 0.431 e. The molecular formula is C18H21ClN2O4S2. The van der Waals surface area contributed by atoms with E-state index in [9.17, 15) is 13.2 Å². The lowest BCUT2D eigenvalue weighted by Crippen LogP contribution is -2.44. The van der Waals surface area contributed by atoms with Crippen LogP contribution in [0.25, 0.3) is 11.3 Å². The smallest absolute Gasteiger partial charge is 0.256 e. The van der Waals surface area contributed by atoms with Crippen LogP contribution in [-0.2, 0) is 14.6 Å². The van der Waals surface area contributed by atoms with E-state index < -0.39 is 15.1 Å². The normalized spacial score (nSPS) is 19.7. The Morgan fingerprint density at radius 1 is 1.41 bits per heavy atom. The van der Waals surface area contributed by atoms with E-state index in [1.54, 1.807) is 30.2 Å². The van der Waals surface area contributed by atoms with Gasteiger partial charge in [0.25, 0.3) is 5.22 Å². The first-order valence-electron chi connectivity index (χ1n) is 8.68. The zero-order valence-corrected chi connectivity index (χ0v) is 17.5. The molecule has 3 rings (SSSR count). The summed E-state index contributed by atoms with van der Waals surface area (Å²) in [4.78, 5) is 18.7. The van der Waals surface area contributed by atoms with E-state index in [4.69, 9.17) is 16.0 Å². The Hall–Kier alpha value is -1.51. The van der Waals surface area contributed by atoms with Gasteiger partial charge in [-0.25, -0.2) is 13.4 Å². The average molecular weight is 429 g/mol. The topological polar surface area (TPSA) is 80.5 Å². The fourth-order valence-electron chi connectivity index (χ4n) is 3.11. The van der Waals surface area contributed by atoms with E-state index in [0.29, 0.717) is 29.0 Å². The van der Waals surface area contributed by atoms with E-state index in [1.807, 2.05) is 19.1 Å². The number of sulfone groups is 1. The van der Waals surface area contributed by atoms with Gasteiger partial charge in [-0.3, -0.25) is 4.79 Å². The molecule has 0 unspecified atom stereocenters. The third-order valence-electron chi connectivity index (χ3n) is 4.51. The summed E-state index contributed by atoms with van der Waals surface area (Å²) in [5, 5.41) is 0.613. The summed E-state index contributed by atoms with van der Waals surface area (Å²) in [5.41, 5.74) is 0.851. The molecule has 146 valence electrons. The quantitative estimate of drug-likeness (QED) is 0.655. The van der Waals surface area contributed by atoms with Gasteiger partial charge in [-0.15, -0.1) is 0 Å². The molecule has 0 spiro atoms. The van der Waals surface area contributed by atoms with Crippen molar-refractivity contribution in [3.8, 4) is 11.3 Å². The standard InChI is InChI=1S/C18H21ClN2O4S2/c1-3-21(15-8-9-27(23,24)11-15)17(22)12(2)26-18-20-10-16(25-18)13-4-6-14(19)7-5-13/h4-7,10,12,15H,3,8-9,11H2,1-2H3/t12-,15+/m1/s1. The average Bonchev–Trinajstić information content (AvgIpc) is 3.22. The molecule has 27 heavy (non-hydrogen) atoms. The molecular weight excluding hydrogens is 408 g/mol. The minimum atomic E-state index is -3.04. The van der Waals surface area contributed by atoms with E-state index in [2.05, 4.69) is 4.98 Å². The van der Waals surface area contributed by atoms with E-state index in [1.165, 1.54) is 11.8 Å². The molecule has 1 fully saturated rings. The minimum Gasteiger partial charge on any atom is -0.431 e. The number of oxazole rings is 1. The van der Waals surface area contributed by atoms with Gasteiger partial charge in [-0.05, 0) is 44.5 Å². The number of benzene rings is 1. The third-order valence-corrected chi connectivity index (χ3v) is 7.46. The summed E-state index contributed by atoms with van der Waals surface area (Å²) < 4.78 is 29.2. The zero-order chi connectivity index (χ0) is 19.6. The maximum Gasteiger partial charge on any atom is 0.256 e. The summed E-state index contributed by atoms with van der Waals surface area (Å²) in [5.74, 6) is 0.690. The lowest BCUT2D eigenvalue weighted by atomic mass is 10.2. The number of amides is 1. The van der Waals surface area contributed by atoms with Crippen molar-refractivity contribution in [1.29, 1.82) is 0 Å². The second-order valence-corrected chi connectivity index (χ2v) is 10.4. The maximum atomic E-state index is 12.8. The SMILES string of the molecule is CCN(C(=O)[C@@H](C)Sc1ncc(-c2ccc(Cl)cc2)o1)[C@H]1CCS(=O)(=O)C1. The maximum absolute atomic E-state index is 12.8. The van der Waals surface area contributed by atoms with E-state index in [-0.39, 0.29) is 23.5 Å². The lowest BCUT2D eigenvalue weighted by molar-refractivity contribution is -0.131. The molecule has 1 aromatic heterocycles. The van der Waals surface area contributed by atoms with Crippen LogP contribution in [0.2, 0.25) is 5.02 Å². The highest BCUT2D eigenvalue weighted by atomic mass is 35.5. The van der Waals surface area contributed by atoms with Crippen LogP contribution >= 0.6 is 23.4 Å². The summed E-state index contributed by atoms with van der Waals surface area (Å²) in [7, 11) is -3.04. The molecule has 0 radical (unpaired) electrons. The Morgan fingerprint density at radius 3 is 2.70 bits per heavy atom. The summed E-state index contributed by atoms with van der Waals surface area (Å²) in [6.45, 7) is 4.13. The monoisotopic (exact) mass is 428 g/mol. The molecule has 2 heterocycles. The Kier molecular flexibility index (Phi) is 6.18. The fraction of sp³-hybridized carbons (Fsp3) is 0.444. The van der Waals surface area contributed by atoms with Crippen LogP contribution < -0.4 is 0 Å². The molecule has 0 saturated carbocycles. The van der Waals surface area contributed by atoms with Gasteiger partial charge in [-0.2, -0.15) is 0 Å². The van der Waals surface area contributed by atoms with Gasteiger partial charge in [0, 0.05) is 23.2 Å². The van der Waals surface area contributed by atoms with Crippen LogP contribution in [-0.4, -0.2) is 53.6 Å². The van der Waals surface area contributed by atoms with Crippen molar-refractivity contribution in [2.45, 2.75) is 36.8 Å². The van der Waals surface area contributed by atoms with Crippen molar-refractivity contribution in [3.05, 3.63) is 35.5 Å². The Morgan fingerprint density at radius 2 is 2.11 bits per heavy atom. The van der Waals surface area contributed by atoms with Crippen molar-refractivity contribution in [2.75, 3.05) is 18.1 Å². The molecule has 2 atom stereocenters. The predicted octanol–water partition coefficient (Wildman–Crippen LogP) is 3.51. The molecule has 2 aromatic rings. The highest BCUT2D eigenvalue weighted by Gasteiger charge is 2.35. The van der Waals surface area contributed by atoms with Gasteiger partial charge < -0.3 is 9.32 Å². The molecule has 1 aromatic carbocycles. The molecule has 9 heteroatoms. The molecule has 0 aliphatic carbocycles. The highest BCUT2D eigenvalue weighted by molar-refractivity contribution is 8.00. The molecule has 1 amide bonds. The number of hydrogen-bond donors (Lipinski definition) is 0. The highest BCUT2D eigenvalue weighted by Crippen LogP contribution is 2.30. The van der Waals surface area contributed by atoms with Gasteiger partial charge in [0.15, 0.2) is 15.6 Å². The van der Waals surface area contributed by atoms with Gasteiger partial charge >= 0.3 is 0 Å². The number of hydrogen-bond acceptors (Lipinski definition) is 6. The third kappa shape index (κ3) is 4.86. The fourth-order valence-corrected chi connectivity index (χ4v) is 5.76. The van der Waals surface area contributed by atoms with Crippen LogP contribution in [0.3, 0.4) is 0 Å². The van der Waals surface area contributed by atoms with Gasteiger partial charge in [0.05, 0.1) is 23.0 Å². The second-order valence-electron chi connectivity index (χ2n) is 6.44. The van der Waals surface area contributed by atoms with Crippen LogP contribution in [0, 0.1) is 0 Å². The number of thioether (sulfide) groups is 1. The minimum absolute atomic E-state index is 0.0453. The van der Waals surface area contributed by atoms with Crippen molar-refractivity contribution in [2.24, 2.45) is 0 Å². The van der Waals surface area contributed by atoms with Gasteiger partial charge in [0.2, 0.25) is 5.91 Å². The number of carbonyl (C=O) groups excluding carboxylic acids is 1. The van der Waals surface area contributed by atoms with Crippen LogP contribution in [0.15, 0.2) is 40.1 Å². The molecule has 1 saturated heterocycles. The first kappa shape index (κ1) is 20.2. The Bertz CT molecular complexity index is 912. The van der Waals surface area contributed by atoms with Crippen molar-refractivity contribution >= 4 is 39.1 Å². The Balaban J connectivity index is 1.66. The first-order chi connectivity index (χ1) is 12.8. The number of nitrogens with zero attached hydrogens (tertiary/aromatic N) is 2. The predicted molar refractivity (Wildman–Crippen MR) is 107 cm³/mol. The van der Waals surface area contributed by atoms with E-state index >= 15 is 0 Å². The number of carbonyl (C=O) groups is 1. The van der Waals surface area contributed by atoms with Crippen LogP contribution in [0.5, 0.6) is 0 Å². The summed E-state index contributed by atoms with van der Waals surface area (Å²) >= 11 is 7.12. The molecule has 1 aliphatic heterocycles. The summed E-state index contributed by atoms with van der Waals surface area (Å²) in [6.07, 6.45) is 2.11. The second kappa shape index (κ2) is 8.24. The Labute approximate surface area is 168 Å². The molecule has 0 bridgehead atoms. The number of halogens is 1. The number of aromatic nitrogens is 1. The molecule has 1 aliphatic rings. The van der Waals surface area contributed by atoms with Crippen LogP contribution in [0.4, 0.5) is 0 Å². The number of rotatable bonds is 6.